The second-order valence-corrected chi connectivity index (χ2v) is 6.14. The summed E-state index contributed by atoms with van der Waals surface area (Å²) in [4.78, 5) is 15.4. The van der Waals surface area contributed by atoms with Crippen molar-refractivity contribution in [2.45, 2.75) is 32.7 Å². The Balaban J connectivity index is 1.87. The lowest BCUT2D eigenvalue weighted by atomic mass is 9.95. The molecule has 3 rings (SSSR count). The van der Waals surface area contributed by atoms with Crippen LogP contribution in [0.4, 0.5) is 0 Å². The Morgan fingerprint density at radius 3 is 2.27 bits per heavy atom. The van der Waals surface area contributed by atoms with E-state index in [0.29, 0.717) is 0 Å². The van der Waals surface area contributed by atoms with Crippen molar-refractivity contribution >= 4 is 5.78 Å². The molecule has 1 saturated heterocycles. The summed E-state index contributed by atoms with van der Waals surface area (Å²) in [7, 11) is 0. The van der Waals surface area contributed by atoms with Crippen LogP contribution in [-0.4, -0.2) is 23.8 Å². The van der Waals surface area contributed by atoms with Crippen molar-refractivity contribution in [1.29, 1.82) is 0 Å². The van der Waals surface area contributed by atoms with Gasteiger partial charge in [0.1, 0.15) is 0 Å². The zero-order valence-electron chi connectivity index (χ0n) is 13.2. The van der Waals surface area contributed by atoms with Crippen LogP contribution in [0.25, 0.3) is 0 Å². The maximum Gasteiger partial charge on any atom is 0.193 e. The first-order valence-corrected chi connectivity index (χ1v) is 8.16. The van der Waals surface area contributed by atoms with Gasteiger partial charge in [-0.25, -0.2) is 0 Å². The van der Waals surface area contributed by atoms with E-state index in [1.165, 1.54) is 19.3 Å². The Morgan fingerprint density at radius 2 is 1.55 bits per heavy atom. The van der Waals surface area contributed by atoms with Crippen molar-refractivity contribution in [2.75, 3.05) is 13.1 Å². The highest BCUT2D eigenvalue weighted by molar-refractivity contribution is 6.10. The number of carbonyl (C=O) groups is 1. The van der Waals surface area contributed by atoms with E-state index in [2.05, 4.69) is 11.0 Å². The lowest BCUT2D eigenvalue weighted by Gasteiger charge is -2.27. The van der Waals surface area contributed by atoms with Gasteiger partial charge in [0.15, 0.2) is 5.78 Å². The Kier molecular flexibility index (Phi) is 4.69. The number of hydrogen-bond donors (Lipinski definition) is 0. The predicted octanol–water partition coefficient (Wildman–Crippen LogP) is 4.21. The minimum atomic E-state index is 0.144. The first-order chi connectivity index (χ1) is 10.8. The third kappa shape index (κ3) is 3.28. The molecule has 0 atom stereocenters. The van der Waals surface area contributed by atoms with Gasteiger partial charge in [-0.3, -0.25) is 9.69 Å². The Morgan fingerprint density at radius 1 is 0.909 bits per heavy atom. The van der Waals surface area contributed by atoms with Crippen LogP contribution in [0.15, 0.2) is 48.5 Å². The first-order valence-electron chi connectivity index (χ1n) is 8.16. The first kappa shape index (κ1) is 15.0. The molecule has 22 heavy (non-hydrogen) atoms. The summed E-state index contributed by atoms with van der Waals surface area (Å²) >= 11 is 0. The minimum absolute atomic E-state index is 0.144. The average Bonchev–Trinajstić information content (AvgIpc) is 2.56. The second kappa shape index (κ2) is 6.89. The zero-order chi connectivity index (χ0) is 15.4. The van der Waals surface area contributed by atoms with Gasteiger partial charge in [-0.2, -0.15) is 0 Å². The highest BCUT2D eigenvalue weighted by Gasteiger charge is 2.17. The van der Waals surface area contributed by atoms with Gasteiger partial charge < -0.3 is 0 Å². The third-order valence-corrected chi connectivity index (χ3v) is 4.49. The number of likely N-dealkylation sites (tertiary alicyclic amines) is 1. The number of aryl methyl sites for hydroxylation is 1. The fourth-order valence-electron chi connectivity index (χ4n) is 3.21. The van der Waals surface area contributed by atoms with Crippen LogP contribution in [-0.2, 0) is 6.54 Å². The van der Waals surface area contributed by atoms with E-state index in [-0.39, 0.29) is 5.78 Å². The molecule has 2 aromatic rings. The maximum atomic E-state index is 12.9. The summed E-state index contributed by atoms with van der Waals surface area (Å²) < 4.78 is 0. The third-order valence-electron chi connectivity index (χ3n) is 4.49. The number of benzene rings is 2. The quantitative estimate of drug-likeness (QED) is 0.787. The van der Waals surface area contributed by atoms with Crippen molar-refractivity contribution in [3.05, 3.63) is 70.8 Å². The number of rotatable bonds is 4. The van der Waals surface area contributed by atoms with Gasteiger partial charge in [0, 0.05) is 17.7 Å². The molecule has 0 radical (unpaired) electrons. The van der Waals surface area contributed by atoms with E-state index in [0.717, 1.165) is 41.9 Å². The van der Waals surface area contributed by atoms with Crippen LogP contribution in [0.3, 0.4) is 0 Å². The van der Waals surface area contributed by atoms with Gasteiger partial charge >= 0.3 is 0 Å². The molecule has 0 spiro atoms. The largest absolute Gasteiger partial charge is 0.299 e. The summed E-state index contributed by atoms with van der Waals surface area (Å²) in [5, 5.41) is 0. The van der Waals surface area contributed by atoms with Gasteiger partial charge in [0.05, 0.1) is 0 Å². The number of hydrogen-bond acceptors (Lipinski definition) is 2. The molecular formula is C20H23NO. The molecule has 0 bridgehead atoms. The summed E-state index contributed by atoms with van der Waals surface area (Å²) in [5.74, 6) is 0.144. The molecule has 1 fully saturated rings. The van der Waals surface area contributed by atoms with E-state index in [1.807, 2.05) is 49.4 Å². The summed E-state index contributed by atoms with van der Waals surface area (Å²) in [6.07, 6.45) is 3.88. The summed E-state index contributed by atoms with van der Waals surface area (Å²) in [6.45, 7) is 5.17. The molecule has 1 aliphatic heterocycles. The average molecular weight is 293 g/mol. The van der Waals surface area contributed by atoms with Crippen molar-refractivity contribution < 1.29 is 4.79 Å². The Hall–Kier alpha value is -1.93. The van der Waals surface area contributed by atoms with Crippen LogP contribution in [0.5, 0.6) is 0 Å². The molecule has 114 valence electrons. The summed E-state index contributed by atoms with van der Waals surface area (Å²) in [6, 6.07) is 15.9. The molecule has 0 aliphatic carbocycles. The van der Waals surface area contributed by atoms with Crippen molar-refractivity contribution in [2.24, 2.45) is 0 Å². The topological polar surface area (TPSA) is 20.3 Å². The maximum absolute atomic E-state index is 12.9. The van der Waals surface area contributed by atoms with Crippen LogP contribution in [0, 0.1) is 6.92 Å². The molecule has 2 aromatic carbocycles. The fourth-order valence-corrected chi connectivity index (χ4v) is 3.21. The summed E-state index contributed by atoms with van der Waals surface area (Å²) in [5.41, 5.74) is 3.86. The molecule has 1 heterocycles. The van der Waals surface area contributed by atoms with Crippen molar-refractivity contribution in [3.63, 3.8) is 0 Å². The molecule has 0 amide bonds. The van der Waals surface area contributed by atoms with E-state index < -0.39 is 0 Å². The van der Waals surface area contributed by atoms with Gasteiger partial charge in [-0.15, -0.1) is 0 Å². The van der Waals surface area contributed by atoms with Crippen molar-refractivity contribution in [1.82, 2.24) is 4.90 Å². The molecule has 2 nitrogen and oxygen atoms in total. The lowest BCUT2D eigenvalue weighted by molar-refractivity contribution is 0.103. The SMILES string of the molecule is Cc1ccccc1C(=O)c1ccccc1CN1CCCCC1. The lowest BCUT2D eigenvalue weighted by Crippen LogP contribution is -2.29. The van der Waals surface area contributed by atoms with Crippen molar-refractivity contribution in [3.8, 4) is 0 Å². The highest BCUT2D eigenvalue weighted by Crippen LogP contribution is 2.20. The monoisotopic (exact) mass is 293 g/mol. The van der Waals surface area contributed by atoms with Gasteiger partial charge in [-0.1, -0.05) is 55.0 Å². The number of carbonyl (C=O) groups excluding carboxylic acids is 1. The van der Waals surface area contributed by atoms with Gasteiger partial charge in [0.2, 0.25) is 0 Å². The Bertz CT molecular complexity index is 656. The zero-order valence-corrected chi connectivity index (χ0v) is 13.2. The molecule has 0 unspecified atom stereocenters. The molecule has 0 N–H and O–H groups in total. The number of piperidine rings is 1. The van der Waals surface area contributed by atoms with E-state index in [1.54, 1.807) is 0 Å². The van der Waals surface area contributed by atoms with E-state index in [4.69, 9.17) is 0 Å². The van der Waals surface area contributed by atoms with Crippen LogP contribution >= 0.6 is 0 Å². The van der Waals surface area contributed by atoms with Gasteiger partial charge in [-0.05, 0) is 44.0 Å². The molecular weight excluding hydrogens is 270 g/mol. The van der Waals surface area contributed by atoms with E-state index in [9.17, 15) is 4.79 Å². The fraction of sp³-hybridized carbons (Fsp3) is 0.350. The molecule has 1 aliphatic rings. The standard InChI is InChI=1S/C20H23NO/c1-16-9-3-5-11-18(16)20(22)19-12-6-4-10-17(19)15-21-13-7-2-8-14-21/h3-6,9-12H,2,7-8,13-15H2,1H3. The number of ketones is 1. The highest BCUT2D eigenvalue weighted by atomic mass is 16.1. The molecule has 2 heteroatoms. The Labute approximate surface area is 132 Å². The predicted molar refractivity (Wildman–Crippen MR) is 90.2 cm³/mol. The van der Waals surface area contributed by atoms with Crippen LogP contribution < -0.4 is 0 Å². The smallest absolute Gasteiger partial charge is 0.193 e. The molecule has 0 saturated carbocycles. The van der Waals surface area contributed by atoms with Crippen LogP contribution in [0.2, 0.25) is 0 Å². The van der Waals surface area contributed by atoms with Crippen LogP contribution in [0.1, 0.15) is 46.3 Å². The minimum Gasteiger partial charge on any atom is -0.299 e. The number of nitrogens with zero attached hydrogens (tertiary/aromatic N) is 1. The normalized spacial score (nSPS) is 15.7. The van der Waals surface area contributed by atoms with Gasteiger partial charge in [0.25, 0.3) is 0 Å². The second-order valence-electron chi connectivity index (χ2n) is 6.14. The molecule has 0 aromatic heterocycles. The van der Waals surface area contributed by atoms with E-state index >= 15 is 0 Å².